The van der Waals surface area contributed by atoms with E-state index in [1.807, 2.05) is 19.9 Å². The predicted molar refractivity (Wildman–Crippen MR) is 53.4 cm³/mol. The summed E-state index contributed by atoms with van der Waals surface area (Å²) >= 11 is 0. The van der Waals surface area contributed by atoms with Crippen LogP contribution in [0.1, 0.15) is 47.5 Å². The van der Waals surface area contributed by atoms with Gasteiger partial charge in [0.25, 0.3) is 0 Å². The van der Waals surface area contributed by atoms with Crippen LogP contribution in [-0.4, -0.2) is 5.71 Å². The maximum absolute atomic E-state index is 7.13. The Morgan fingerprint density at radius 3 is 2.00 bits per heavy atom. The summed E-state index contributed by atoms with van der Waals surface area (Å²) in [7, 11) is 0. The molecule has 66 valence electrons. The molecule has 0 bridgehead atoms. The zero-order valence-electron chi connectivity index (χ0n) is 8.49. The van der Waals surface area contributed by atoms with Gasteiger partial charge >= 0.3 is 0 Å². The fourth-order valence-corrected chi connectivity index (χ4v) is 0.836. The fourth-order valence-electron chi connectivity index (χ4n) is 0.836. The van der Waals surface area contributed by atoms with Crippen molar-refractivity contribution in [3.63, 3.8) is 0 Å². The van der Waals surface area contributed by atoms with Crippen LogP contribution in [0.3, 0.4) is 0 Å². The van der Waals surface area contributed by atoms with Gasteiger partial charge in [0.2, 0.25) is 0 Å². The van der Waals surface area contributed by atoms with Crippen LogP contribution in [0.2, 0.25) is 0 Å². The molecule has 0 fully saturated rings. The normalized spacial score (nSPS) is 10.1. The Morgan fingerprint density at radius 1 is 1.27 bits per heavy atom. The lowest BCUT2D eigenvalue weighted by atomic mass is 10.1. The first-order valence-corrected chi connectivity index (χ1v) is 4.39. The SMILES string of the molecule is CC.CCC/C(C)=C/C(C)=N. The highest BCUT2D eigenvalue weighted by Crippen LogP contribution is 2.01. The van der Waals surface area contributed by atoms with Crippen molar-refractivity contribution < 1.29 is 0 Å². The van der Waals surface area contributed by atoms with Crippen molar-refractivity contribution in [2.24, 2.45) is 0 Å². The van der Waals surface area contributed by atoms with Crippen molar-refractivity contribution in [2.45, 2.75) is 47.5 Å². The summed E-state index contributed by atoms with van der Waals surface area (Å²) in [6, 6.07) is 0. The van der Waals surface area contributed by atoms with E-state index in [1.54, 1.807) is 6.92 Å². The van der Waals surface area contributed by atoms with E-state index >= 15 is 0 Å². The lowest BCUT2D eigenvalue weighted by Gasteiger charge is -1.94. The molecule has 0 aliphatic rings. The minimum absolute atomic E-state index is 0.654. The van der Waals surface area contributed by atoms with Gasteiger partial charge in [-0.05, 0) is 26.3 Å². The van der Waals surface area contributed by atoms with E-state index in [9.17, 15) is 0 Å². The van der Waals surface area contributed by atoms with Crippen LogP contribution >= 0.6 is 0 Å². The molecular formula is C10H21N. The van der Waals surface area contributed by atoms with Gasteiger partial charge in [0.05, 0.1) is 0 Å². The molecule has 0 amide bonds. The Balaban J connectivity index is 0. The molecule has 0 aromatic heterocycles. The first-order chi connectivity index (χ1) is 5.16. The monoisotopic (exact) mass is 155 g/mol. The zero-order chi connectivity index (χ0) is 9.28. The molecule has 0 saturated heterocycles. The van der Waals surface area contributed by atoms with Gasteiger partial charge in [0, 0.05) is 5.71 Å². The summed E-state index contributed by atoms with van der Waals surface area (Å²) in [6.07, 6.45) is 4.22. The first kappa shape index (κ1) is 13.0. The minimum atomic E-state index is 0.654. The molecule has 1 heteroatoms. The van der Waals surface area contributed by atoms with E-state index in [-0.39, 0.29) is 0 Å². The molecule has 0 heterocycles. The van der Waals surface area contributed by atoms with Gasteiger partial charge < -0.3 is 5.41 Å². The van der Waals surface area contributed by atoms with E-state index in [4.69, 9.17) is 5.41 Å². The maximum atomic E-state index is 7.13. The molecule has 1 nitrogen and oxygen atoms in total. The molecule has 0 aromatic rings. The van der Waals surface area contributed by atoms with Crippen molar-refractivity contribution in [2.75, 3.05) is 0 Å². The quantitative estimate of drug-likeness (QED) is 0.599. The van der Waals surface area contributed by atoms with Gasteiger partial charge in [-0.2, -0.15) is 0 Å². The van der Waals surface area contributed by atoms with E-state index in [0.29, 0.717) is 5.71 Å². The molecule has 0 aromatic carbocycles. The second-order valence-corrected chi connectivity index (χ2v) is 2.42. The van der Waals surface area contributed by atoms with E-state index in [1.165, 1.54) is 12.0 Å². The Morgan fingerprint density at radius 2 is 1.73 bits per heavy atom. The summed E-state index contributed by atoms with van der Waals surface area (Å²) in [5.74, 6) is 0. The van der Waals surface area contributed by atoms with Crippen molar-refractivity contribution in [3.05, 3.63) is 11.6 Å². The molecule has 0 saturated carbocycles. The van der Waals surface area contributed by atoms with E-state index < -0.39 is 0 Å². The highest BCUT2D eigenvalue weighted by Gasteiger charge is 1.85. The predicted octanol–water partition coefficient (Wildman–Crippen LogP) is 3.80. The topological polar surface area (TPSA) is 23.9 Å². The van der Waals surface area contributed by atoms with Crippen molar-refractivity contribution in [1.29, 1.82) is 5.41 Å². The fraction of sp³-hybridized carbons (Fsp3) is 0.700. The van der Waals surface area contributed by atoms with Crippen LogP contribution in [0.5, 0.6) is 0 Å². The number of hydrogen-bond acceptors (Lipinski definition) is 1. The average molecular weight is 155 g/mol. The van der Waals surface area contributed by atoms with Gasteiger partial charge in [-0.15, -0.1) is 0 Å². The Bertz CT molecular complexity index is 123. The third-order valence-corrected chi connectivity index (χ3v) is 1.11. The molecule has 0 rings (SSSR count). The number of nitrogens with one attached hydrogen (secondary N) is 1. The average Bonchev–Trinajstić information content (AvgIpc) is 1.91. The Kier molecular flexibility index (Phi) is 11.1. The molecule has 0 aliphatic heterocycles. The molecule has 0 aliphatic carbocycles. The van der Waals surface area contributed by atoms with Gasteiger partial charge in [0.15, 0.2) is 0 Å². The second kappa shape index (κ2) is 9.41. The highest BCUT2D eigenvalue weighted by molar-refractivity contribution is 5.90. The van der Waals surface area contributed by atoms with Gasteiger partial charge in [-0.3, -0.25) is 0 Å². The molecular weight excluding hydrogens is 134 g/mol. The molecule has 0 unspecified atom stereocenters. The van der Waals surface area contributed by atoms with Gasteiger partial charge in [-0.1, -0.05) is 32.8 Å². The summed E-state index contributed by atoms with van der Waals surface area (Å²) in [6.45, 7) is 10.0. The van der Waals surface area contributed by atoms with Crippen LogP contribution in [-0.2, 0) is 0 Å². The smallest absolute Gasteiger partial charge is 0.0282 e. The Labute approximate surface area is 71.0 Å². The second-order valence-electron chi connectivity index (χ2n) is 2.42. The summed E-state index contributed by atoms with van der Waals surface area (Å²) < 4.78 is 0. The lowest BCUT2D eigenvalue weighted by Crippen LogP contribution is -1.83. The maximum Gasteiger partial charge on any atom is 0.0282 e. The van der Waals surface area contributed by atoms with E-state index in [2.05, 4.69) is 13.8 Å². The van der Waals surface area contributed by atoms with Gasteiger partial charge in [0.1, 0.15) is 0 Å². The summed E-state index contributed by atoms with van der Waals surface area (Å²) in [5.41, 5.74) is 1.96. The Hall–Kier alpha value is -0.590. The standard InChI is InChI=1S/C8H15N.C2H6/c1-4-5-7(2)6-8(3)9;1-2/h6,9H,4-5H2,1-3H3;1-2H3/b7-6+,9-8?;. The molecule has 1 N–H and O–H groups in total. The van der Waals surface area contributed by atoms with Crippen LogP contribution in [0, 0.1) is 5.41 Å². The lowest BCUT2D eigenvalue weighted by molar-refractivity contribution is 0.906. The third kappa shape index (κ3) is 12.6. The zero-order valence-corrected chi connectivity index (χ0v) is 8.49. The molecule has 11 heavy (non-hydrogen) atoms. The highest BCUT2D eigenvalue weighted by atomic mass is 14.4. The van der Waals surface area contributed by atoms with Crippen molar-refractivity contribution >= 4 is 5.71 Å². The largest absolute Gasteiger partial charge is 0.306 e. The van der Waals surface area contributed by atoms with Gasteiger partial charge in [-0.25, -0.2) is 0 Å². The van der Waals surface area contributed by atoms with Crippen LogP contribution < -0.4 is 0 Å². The van der Waals surface area contributed by atoms with Crippen molar-refractivity contribution in [3.8, 4) is 0 Å². The van der Waals surface area contributed by atoms with Crippen LogP contribution in [0.4, 0.5) is 0 Å². The first-order valence-electron chi connectivity index (χ1n) is 4.39. The summed E-state index contributed by atoms with van der Waals surface area (Å²) in [5, 5.41) is 7.13. The van der Waals surface area contributed by atoms with Crippen LogP contribution in [0.15, 0.2) is 11.6 Å². The van der Waals surface area contributed by atoms with Crippen LogP contribution in [0.25, 0.3) is 0 Å². The summed E-state index contributed by atoms with van der Waals surface area (Å²) in [4.78, 5) is 0. The third-order valence-electron chi connectivity index (χ3n) is 1.11. The number of rotatable bonds is 3. The van der Waals surface area contributed by atoms with Crippen molar-refractivity contribution in [1.82, 2.24) is 0 Å². The number of hydrogen-bond donors (Lipinski definition) is 1. The van der Waals surface area contributed by atoms with E-state index in [0.717, 1.165) is 6.42 Å². The molecule has 0 spiro atoms. The molecule has 0 atom stereocenters. The number of allylic oxidation sites excluding steroid dienone is 2. The minimum Gasteiger partial charge on any atom is -0.306 e. The molecule has 0 radical (unpaired) electrons.